The van der Waals surface area contributed by atoms with E-state index in [1.165, 1.54) is 6.07 Å². The molecule has 88 valence electrons. The Morgan fingerprint density at radius 3 is 2.25 bits per heavy atom. The van der Waals surface area contributed by atoms with Crippen LogP contribution < -0.4 is 10.5 Å². The van der Waals surface area contributed by atoms with E-state index < -0.39 is 11.7 Å². The van der Waals surface area contributed by atoms with Gasteiger partial charge in [-0.1, -0.05) is 12.1 Å². The molecule has 2 aliphatic rings. The van der Waals surface area contributed by atoms with Crippen molar-refractivity contribution in [2.24, 2.45) is 5.73 Å². The monoisotopic (exact) mass is 253 g/mol. The zero-order chi connectivity index (χ0) is 12.3. The molecule has 0 saturated heterocycles. The van der Waals surface area contributed by atoms with Gasteiger partial charge >= 0.3 is 11.7 Å². The lowest BCUT2D eigenvalue weighted by Crippen LogP contribution is -2.19. The second-order valence-corrected chi connectivity index (χ2v) is 3.34. The number of halogens is 4. The van der Waals surface area contributed by atoms with Crippen molar-refractivity contribution in [2.75, 3.05) is 0 Å². The molecule has 0 aromatic heterocycles. The van der Waals surface area contributed by atoms with Crippen molar-refractivity contribution >= 4 is 17.0 Å². The van der Waals surface area contributed by atoms with Gasteiger partial charge in [-0.2, -0.15) is 0 Å². The summed E-state index contributed by atoms with van der Waals surface area (Å²) in [5.41, 5.74) is 5.92. The second kappa shape index (κ2) is 4.61. The van der Waals surface area contributed by atoms with Crippen molar-refractivity contribution in [3.8, 4) is 5.75 Å². The third kappa shape index (κ3) is 3.98. The van der Waals surface area contributed by atoms with Gasteiger partial charge in [-0.05, 0) is 28.8 Å². The van der Waals surface area contributed by atoms with E-state index in [0.29, 0.717) is 12.0 Å². The van der Waals surface area contributed by atoms with Gasteiger partial charge in [0.05, 0.1) is 0 Å². The van der Waals surface area contributed by atoms with Gasteiger partial charge in [0, 0.05) is 6.42 Å². The number of alkyl halides is 3. The summed E-state index contributed by atoms with van der Waals surface area (Å²) in [5.74, 6) is -0.0718. The molecule has 3 rings (SSSR count). The molecule has 0 atom stereocenters. The van der Waals surface area contributed by atoms with Gasteiger partial charge in [0.15, 0.2) is 0 Å². The number of benzene rings is 1. The molecule has 0 heterocycles. The molecule has 0 aliphatic heterocycles. The highest BCUT2D eigenvalue weighted by Gasteiger charge is 2.33. The van der Waals surface area contributed by atoms with Gasteiger partial charge < -0.3 is 10.5 Å². The minimum Gasteiger partial charge on any atom is -0.405 e. The molecule has 0 saturated carbocycles. The molecule has 0 fully saturated rings. The molecule has 1 aromatic carbocycles. The summed E-state index contributed by atoms with van der Waals surface area (Å²) in [6.07, 6.45) is -3.98. The third-order valence-electron chi connectivity index (χ3n) is 1.75. The number of carbonyl (C=O) groups is 1. The SMILES string of the molecule is FC(F)(F)Oc1ccc2cc1C2.NC(=O)Cl. The molecule has 0 unspecified atom stereocenters. The van der Waals surface area contributed by atoms with Crippen molar-refractivity contribution in [3.05, 3.63) is 29.3 Å². The summed E-state index contributed by atoms with van der Waals surface area (Å²) < 4.78 is 38.9. The number of fused-ring (bicyclic) bond motifs is 2. The van der Waals surface area contributed by atoms with Crippen molar-refractivity contribution in [3.63, 3.8) is 0 Å². The smallest absolute Gasteiger partial charge is 0.405 e. The molecular weight excluding hydrogens is 247 g/mol. The Bertz CT molecular complexity index is 398. The maximum atomic E-state index is 11.7. The van der Waals surface area contributed by atoms with Gasteiger partial charge in [0.25, 0.3) is 0 Å². The first-order valence-corrected chi connectivity index (χ1v) is 4.48. The average Bonchev–Trinajstić information content (AvgIpc) is 1.97. The minimum absolute atomic E-state index is 0.0718. The van der Waals surface area contributed by atoms with Crippen molar-refractivity contribution in [1.82, 2.24) is 0 Å². The lowest BCUT2D eigenvalue weighted by Gasteiger charge is -2.20. The summed E-state index contributed by atoms with van der Waals surface area (Å²) in [4.78, 5) is 8.99. The Morgan fingerprint density at radius 1 is 1.44 bits per heavy atom. The molecule has 0 spiro atoms. The van der Waals surface area contributed by atoms with Crippen LogP contribution in [0.15, 0.2) is 18.2 Å². The molecule has 2 aliphatic carbocycles. The van der Waals surface area contributed by atoms with E-state index >= 15 is 0 Å². The number of hydrogen-bond acceptors (Lipinski definition) is 2. The Balaban J connectivity index is 0.000000280. The first-order chi connectivity index (χ1) is 7.28. The summed E-state index contributed by atoms with van der Waals surface area (Å²) in [6.45, 7) is 0. The number of ether oxygens (including phenoxy) is 1. The van der Waals surface area contributed by atoms with Crippen molar-refractivity contribution in [1.29, 1.82) is 0 Å². The minimum atomic E-state index is -4.58. The number of carbonyl (C=O) groups excluding carboxylic acids is 1. The molecule has 0 radical (unpaired) electrons. The van der Waals surface area contributed by atoms with Crippen LogP contribution >= 0.6 is 11.6 Å². The van der Waals surface area contributed by atoms with E-state index in [4.69, 9.17) is 4.79 Å². The highest BCUT2D eigenvalue weighted by atomic mass is 35.5. The topological polar surface area (TPSA) is 52.3 Å². The van der Waals surface area contributed by atoms with Crippen LogP contribution in [-0.4, -0.2) is 11.7 Å². The molecular formula is C9H7ClF3NO2. The van der Waals surface area contributed by atoms with E-state index in [2.05, 4.69) is 22.1 Å². The van der Waals surface area contributed by atoms with Gasteiger partial charge in [-0.3, -0.25) is 4.79 Å². The van der Waals surface area contributed by atoms with Crippen LogP contribution in [0.25, 0.3) is 0 Å². The van der Waals surface area contributed by atoms with Crippen LogP contribution in [0.3, 0.4) is 0 Å². The predicted molar refractivity (Wildman–Crippen MR) is 51.4 cm³/mol. The van der Waals surface area contributed by atoms with Gasteiger partial charge in [-0.25, -0.2) is 0 Å². The van der Waals surface area contributed by atoms with Crippen LogP contribution in [0.4, 0.5) is 18.0 Å². The lowest BCUT2D eigenvalue weighted by atomic mass is 9.92. The van der Waals surface area contributed by atoms with Crippen LogP contribution in [0.1, 0.15) is 11.1 Å². The Hall–Kier alpha value is -1.43. The van der Waals surface area contributed by atoms with E-state index in [1.54, 1.807) is 12.1 Å². The van der Waals surface area contributed by atoms with Crippen LogP contribution in [0, 0.1) is 0 Å². The van der Waals surface area contributed by atoms with Gasteiger partial charge in [0.1, 0.15) is 5.75 Å². The molecule has 3 nitrogen and oxygen atoms in total. The Labute approximate surface area is 93.9 Å². The van der Waals surface area contributed by atoms with E-state index in [0.717, 1.165) is 5.56 Å². The maximum absolute atomic E-state index is 11.7. The zero-order valence-electron chi connectivity index (χ0n) is 7.84. The Morgan fingerprint density at radius 2 is 1.94 bits per heavy atom. The lowest BCUT2D eigenvalue weighted by molar-refractivity contribution is -0.275. The standard InChI is InChI=1S/C8H5F3O.CH2ClNO/c9-8(10,11)12-7-2-1-5-3-6(7)4-5;2-1(3)4/h1-3H,4H2;(H2,3,4). The fourth-order valence-corrected chi connectivity index (χ4v) is 1.19. The number of rotatable bonds is 1. The molecule has 7 heteroatoms. The molecule has 16 heavy (non-hydrogen) atoms. The third-order valence-corrected chi connectivity index (χ3v) is 1.75. The van der Waals surface area contributed by atoms with Crippen molar-refractivity contribution in [2.45, 2.75) is 12.8 Å². The fraction of sp³-hybridized carbons (Fsp3) is 0.222. The predicted octanol–water partition coefficient (Wildman–Crippen LogP) is 2.79. The number of primary amides is 1. The number of hydrogen-bond donors (Lipinski definition) is 1. The average molecular weight is 254 g/mol. The molecule has 1 amide bonds. The largest absolute Gasteiger partial charge is 0.573 e. The summed E-state index contributed by atoms with van der Waals surface area (Å²) in [7, 11) is 0. The van der Waals surface area contributed by atoms with Gasteiger partial charge in [0.2, 0.25) is 0 Å². The Kier molecular flexibility index (Phi) is 3.64. The van der Waals surface area contributed by atoms with Crippen molar-refractivity contribution < 1.29 is 22.7 Å². The van der Waals surface area contributed by atoms with Crippen LogP contribution in [-0.2, 0) is 6.42 Å². The quantitative estimate of drug-likeness (QED) is 0.628. The molecule has 1 aromatic rings. The highest BCUT2D eigenvalue weighted by molar-refractivity contribution is 6.62. The first kappa shape index (κ1) is 12.6. The first-order valence-electron chi connectivity index (χ1n) is 4.10. The second-order valence-electron chi connectivity index (χ2n) is 2.97. The van der Waals surface area contributed by atoms with Crippen LogP contribution in [0.5, 0.6) is 5.75 Å². The van der Waals surface area contributed by atoms with Gasteiger partial charge in [-0.15, -0.1) is 13.2 Å². The zero-order valence-corrected chi connectivity index (χ0v) is 8.60. The summed E-state index contributed by atoms with van der Waals surface area (Å²) in [6, 6.07) is 4.68. The number of nitrogens with two attached hydrogens (primary N) is 1. The number of amides is 1. The van der Waals surface area contributed by atoms with E-state index in [-0.39, 0.29) is 5.75 Å². The summed E-state index contributed by atoms with van der Waals surface area (Å²) in [5, 5.41) is -0.861. The molecule has 2 bridgehead atoms. The van der Waals surface area contributed by atoms with E-state index in [1.807, 2.05) is 0 Å². The summed E-state index contributed by atoms with van der Waals surface area (Å²) >= 11 is 4.41. The normalized spacial score (nSPS) is 12.0. The molecule has 2 N–H and O–H groups in total. The maximum Gasteiger partial charge on any atom is 0.573 e. The fourth-order valence-electron chi connectivity index (χ4n) is 1.19. The van der Waals surface area contributed by atoms with Crippen LogP contribution in [0.2, 0.25) is 0 Å². The highest BCUT2D eigenvalue weighted by Crippen LogP contribution is 2.34. The van der Waals surface area contributed by atoms with E-state index in [9.17, 15) is 13.2 Å².